The van der Waals surface area contributed by atoms with Gasteiger partial charge in [0.1, 0.15) is 12.4 Å². The minimum absolute atomic E-state index is 0.0398. The van der Waals surface area contributed by atoms with Crippen molar-refractivity contribution in [2.24, 2.45) is 0 Å². The molecule has 1 aromatic rings. The van der Waals surface area contributed by atoms with Crippen LogP contribution >= 0.6 is 0 Å². The Balaban J connectivity index is 2.32. The topological polar surface area (TPSA) is 58.6 Å². The van der Waals surface area contributed by atoms with E-state index in [1.165, 1.54) is 0 Å². The second-order valence-corrected chi connectivity index (χ2v) is 4.43. The van der Waals surface area contributed by atoms with Crippen molar-refractivity contribution in [2.75, 3.05) is 19.8 Å². The summed E-state index contributed by atoms with van der Waals surface area (Å²) in [6.45, 7) is -0.107. The molecule has 0 atom stereocenters. The molecule has 0 fully saturated rings. The van der Waals surface area contributed by atoms with Gasteiger partial charge in [-0.25, -0.2) is 0 Å². The summed E-state index contributed by atoms with van der Waals surface area (Å²) in [4.78, 5) is 10.6. The lowest BCUT2D eigenvalue weighted by Gasteiger charge is -2.10. The molecule has 0 heterocycles. The molecule has 0 saturated heterocycles. The van der Waals surface area contributed by atoms with E-state index in [1.807, 2.05) is 6.07 Å². The zero-order valence-corrected chi connectivity index (χ0v) is 11.4. The van der Waals surface area contributed by atoms with Gasteiger partial charge in [-0.3, -0.25) is 4.79 Å². The van der Waals surface area contributed by atoms with E-state index in [4.69, 9.17) is 9.84 Å². The summed E-state index contributed by atoms with van der Waals surface area (Å²) in [5.74, 6) is -1.43. The van der Waals surface area contributed by atoms with Gasteiger partial charge in [0.15, 0.2) is 0 Å². The van der Waals surface area contributed by atoms with Crippen molar-refractivity contribution in [3.63, 3.8) is 0 Å². The van der Waals surface area contributed by atoms with E-state index < -0.39 is 12.1 Å². The quantitative estimate of drug-likeness (QED) is 0.723. The van der Waals surface area contributed by atoms with Gasteiger partial charge in [0.25, 0.3) is 0 Å². The molecule has 2 N–H and O–H groups in total. The first-order valence-corrected chi connectivity index (χ1v) is 6.61. The molecular weight excluding hydrogens is 287 g/mol. The zero-order chi connectivity index (χ0) is 15.7. The van der Waals surface area contributed by atoms with Gasteiger partial charge in [-0.05, 0) is 37.0 Å². The zero-order valence-electron chi connectivity index (χ0n) is 11.4. The number of rotatable bonds is 8. The van der Waals surface area contributed by atoms with Crippen molar-refractivity contribution in [1.29, 1.82) is 0 Å². The number of aliphatic hydroxyl groups excluding tert-OH is 1. The Bertz CT molecular complexity index is 449. The van der Waals surface area contributed by atoms with Crippen LogP contribution in [0.15, 0.2) is 24.3 Å². The number of aryl methyl sites for hydroxylation is 1. The highest BCUT2D eigenvalue weighted by Gasteiger charge is 2.38. The standard InChI is InChI=1S/C14H18F3NO3/c15-14(16,17)13(20)18-7-9-21-12-6-3-5-11(10-12)4-1-2-8-19/h3,5-6,10,19H,1-2,4,7-9H2,(H,18,20). The van der Waals surface area contributed by atoms with Gasteiger partial charge >= 0.3 is 12.1 Å². The van der Waals surface area contributed by atoms with E-state index in [-0.39, 0.29) is 19.8 Å². The molecule has 7 heteroatoms. The first-order chi connectivity index (χ1) is 9.93. The number of aliphatic hydroxyl groups is 1. The summed E-state index contributed by atoms with van der Waals surface area (Å²) >= 11 is 0. The number of carbonyl (C=O) groups is 1. The molecule has 118 valence electrons. The van der Waals surface area contributed by atoms with Crippen LogP contribution in [-0.4, -0.2) is 36.9 Å². The van der Waals surface area contributed by atoms with Crippen molar-refractivity contribution < 1.29 is 27.8 Å². The largest absolute Gasteiger partial charge is 0.492 e. The molecule has 0 aromatic heterocycles. The normalized spacial score (nSPS) is 11.2. The van der Waals surface area contributed by atoms with Gasteiger partial charge in [0.2, 0.25) is 0 Å². The van der Waals surface area contributed by atoms with Gasteiger partial charge in [-0.15, -0.1) is 0 Å². The summed E-state index contributed by atoms with van der Waals surface area (Å²) in [6.07, 6.45) is -2.51. The van der Waals surface area contributed by atoms with E-state index in [0.29, 0.717) is 12.2 Å². The Kier molecular flexibility index (Phi) is 7.01. The molecule has 1 aromatic carbocycles. The second-order valence-electron chi connectivity index (χ2n) is 4.43. The third-order valence-corrected chi connectivity index (χ3v) is 2.69. The number of benzene rings is 1. The van der Waals surface area contributed by atoms with Crippen molar-refractivity contribution >= 4 is 5.91 Å². The van der Waals surface area contributed by atoms with Gasteiger partial charge < -0.3 is 15.2 Å². The maximum absolute atomic E-state index is 11.9. The number of hydrogen-bond acceptors (Lipinski definition) is 3. The average Bonchev–Trinajstić information content (AvgIpc) is 2.43. The maximum Gasteiger partial charge on any atom is 0.471 e. The van der Waals surface area contributed by atoms with Gasteiger partial charge in [0, 0.05) is 6.61 Å². The molecule has 0 aliphatic rings. The predicted octanol–water partition coefficient (Wildman–Crippen LogP) is 2.06. The van der Waals surface area contributed by atoms with Crippen LogP contribution in [0.1, 0.15) is 18.4 Å². The number of alkyl halides is 3. The Morgan fingerprint density at radius 3 is 2.71 bits per heavy atom. The molecule has 4 nitrogen and oxygen atoms in total. The van der Waals surface area contributed by atoms with Crippen molar-refractivity contribution in [3.8, 4) is 5.75 Å². The van der Waals surface area contributed by atoms with Crippen molar-refractivity contribution in [1.82, 2.24) is 5.32 Å². The van der Waals surface area contributed by atoms with E-state index in [1.54, 1.807) is 23.5 Å². The minimum atomic E-state index is -4.87. The fourth-order valence-electron chi connectivity index (χ4n) is 1.67. The molecule has 0 saturated carbocycles. The van der Waals surface area contributed by atoms with Gasteiger partial charge in [-0.1, -0.05) is 12.1 Å². The summed E-state index contributed by atoms with van der Waals surface area (Å²) in [7, 11) is 0. The van der Waals surface area contributed by atoms with Crippen LogP contribution in [0.2, 0.25) is 0 Å². The summed E-state index contributed by atoms with van der Waals surface area (Å²) < 4.78 is 41.1. The van der Waals surface area contributed by atoms with E-state index in [9.17, 15) is 18.0 Å². The second kappa shape index (κ2) is 8.51. The Morgan fingerprint density at radius 2 is 2.05 bits per heavy atom. The van der Waals surface area contributed by atoms with Crippen molar-refractivity contribution in [2.45, 2.75) is 25.4 Å². The SMILES string of the molecule is O=C(NCCOc1cccc(CCCCO)c1)C(F)(F)F. The van der Waals surface area contributed by atoms with Crippen LogP contribution in [0.3, 0.4) is 0 Å². The van der Waals surface area contributed by atoms with Crippen LogP contribution in [0, 0.1) is 0 Å². The summed E-state index contributed by atoms with van der Waals surface area (Å²) in [6, 6.07) is 7.19. The molecule has 0 radical (unpaired) electrons. The first kappa shape index (κ1) is 17.3. The minimum Gasteiger partial charge on any atom is -0.492 e. The molecule has 0 aliphatic heterocycles. The average molecular weight is 305 g/mol. The molecule has 0 spiro atoms. The highest BCUT2D eigenvalue weighted by atomic mass is 19.4. The number of nitrogens with one attached hydrogen (secondary N) is 1. The number of carbonyl (C=O) groups excluding carboxylic acids is 1. The fraction of sp³-hybridized carbons (Fsp3) is 0.500. The third-order valence-electron chi connectivity index (χ3n) is 2.69. The lowest BCUT2D eigenvalue weighted by molar-refractivity contribution is -0.173. The number of halogens is 3. The van der Waals surface area contributed by atoms with Crippen molar-refractivity contribution in [3.05, 3.63) is 29.8 Å². The van der Waals surface area contributed by atoms with Crippen LogP contribution in [-0.2, 0) is 11.2 Å². The summed E-state index contributed by atoms with van der Waals surface area (Å²) in [5.41, 5.74) is 1.03. The lowest BCUT2D eigenvalue weighted by atomic mass is 10.1. The van der Waals surface area contributed by atoms with E-state index >= 15 is 0 Å². The molecule has 1 rings (SSSR count). The molecule has 1 amide bonds. The van der Waals surface area contributed by atoms with Gasteiger partial charge in [-0.2, -0.15) is 13.2 Å². The molecule has 0 aliphatic carbocycles. The predicted molar refractivity (Wildman–Crippen MR) is 71.0 cm³/mol. The van der Waals surface area contributed by atoms with Gasteiger partial charge in [0.05, 0.1) is 6.54 Å². The number of unbranched alkanes of at least 4 members (excludes halogenated alkanes) is 1. The van der Waals surface area contributed by atoms with Crippen LogP contribution < -0.4 is 10.1 Å². The molecule has 0 bridgehead atoms. The number of hydrogen-bond donors (Lipinski definition) is 2. The Morgan fingerprint density at radius 1 is 1.29 bits per heavy atom. The molecular formula is C14H18F3NO3. The van der Waals surface area contributed by atoms with E-state index in [0.717, 1.165) is 18.4 Å². The number of ether oxygens (including phenoxy) is 1. The summed E-state index contributed by atoms with van der Waals surface area (Å²) in [5, 5.41) is 10.4. The number of amides is 1. The molecule has 21 heavy (non-hydrogen) atoms. The Hall–Kier alpha value is -1.76. The Labute approximate surface area is 120 Å². The lowest BCUT2D eigenvalue weighted by Crippen LogP contribution is -2.38. The fourth-order valence-corrected chi connectivity index (χ4v) is 1.67. The molecule has 0 unspecified atom stereocenters. The van der Waals surface area contributed by atoms with Crippen LogP contribution in [0.5, 0.6) is 5.75 Å². The first-order valence-electron chi connectivity index (χ1n) is 6.61. The van der Waals surface area contributed by atoms with Crippen LogP contribution in [0.4, 0.5) is 13.2 Å². The van der Waals surface area contributed by atoms with E-state index in [2.05, 4.69) is 0 Å². The maximum atomic E-state index is 11.9. The monoisotopic (exact) mass is 305 g/mol. The third kappa shape index (κ3) is 6.99. The smallest absolute Gasteiger partial charge is 0.471 e. The highest BCUT2D eigenvalue weighted by Crippen LogP contribution is 2.16. The highest BCUT2D eigenvalue weighted by molar-refractivity contribution is 5.81. The van der Waals surface area contributed by atoms with Crippen LogP contribution in [0.25, 0.3) is 0 Å².